The van der Waals surface area contributed by atoms with Gasteiger partial charge in [-0.05, 0) is 35.7 Å². The molecule has 1 aromatic carbocycles. The minimum atomic E-state index is 0.0510. The molecule has 0 saturated heterocycles. The lowest BCUT2D eigenvalue weighted by atomic mass is 10.0. The third-order valence-corrected chi connectivity index (χ3v) is 3.74. The number of hydrazine groups is 1. The smallest absolute Gasteiger partial charge is 0.0935 e. The number of nitrogens with two attached hydrogens (primary N) is 1. The standard InChI is InChI=1S/C12H12Br2N2O/c13-9-1-2-10(11(14)6-9)12(16-15)5-8-3-4-17-7-8/h1-4,6-7,12,16H,5,15H2. The number of halogens is 2. The van der Waals surface area contributed by atoms with Crippen molar-refractivity contribution in [1.82, 2.24) is 5.43 Å². The molecule has 0 spiro atoms. The average Bonchev–Trinajstić information content (AvgIpc) is 2.79. The lowest BCUT2D eigenvalue weighted by Gasteiger charge is -2.17. The number of rotatable bonds is 4. The summed E-state index contributed by atoms with van der Waals surface area (Å²) in [5.74, 6) is 5.62. The second-order valence-corrected chi connectivity index (χ2v) is 5.49. The van der Waals surface area contributed by atoms with Gasteiger partial charge in [-0.25, -0.2) is 0 Å². The van der Waals surface area contributed by atoms with E-state index in [1.165, 1.54) is 0 Å². The zero-order valence-corrected chi connectivity index (χ0v) is 12.2. The van der Waals surface area contributed by atoms with Gasteiger partial charge in [-0.2, -0.15) is 0 Å². The molecule has 0 radical (unpaired) electrons. The lowest BCUT2D eigenvalue weighted by Crippen LogP contribution is -2.29. The molecule has 2 aromatic rings. The van der Waals surface area contributed by atoms with Crippen molar-refractivity contribution >= 4 is 31.9 Å². The molecule has 3 nitrogen and oxygen atoms in total. The van der Waals surface area contributed by atoms with Crippen molar-refractivity contribution in [3.8, 4) is 0 Å². The molecule has 1 unspecified atom stereocenters. The fraction of sp³-hybridized carbons (Fsp3) is 0.167. The third kappa shape index (κ3) is 3.19. The molecule has 0 aliphatic carbocycles. The van der Waals surface area contributed by atoms with E-state index in [1.54, 1.807) is 12.5 Å². The van der Waals surface area contributed by atoms with E-state index in [9.17, 15) is 0 Å². The van der Waals surface area contributed by atoms with E-state index in [-0.39, 0.29) is 6.04 Å². The second-order valence-electron chi connectivity index (χ2n) is 3.72. The maximum atomic E-state index is 5.62. The lowest BCUT2D eigenvalue weighted by molar-refractivity contribution is 0.534. The minimum absolute atomic E-state index is 0.0510. The first kappa shape index (κ1) is 12.8. The van der Waals surface area contributed by atoms with Crippen LogP contribution in [-0.4, -0.2) is 0 Å². The van der Waals surface area contributed by atoms with Gasteiger partial charge in [0.2, 0.25) is 0 Å². The van der Waals surface area contributed by atoms with Gasteiger partial charge < -0.3 is 4.42 Å². The first-order chi connectivity index (χ1) is 8.20. The molecule has 0 bridgehead atoms. The summed E-state index contributed by atoms with van der Waals surface area (Å²) in [6.07, 6.45) is 4.18. The fourth-order valence-corrected chi connectivity index (χ4v) is 3.01. The van der Waals surface area contributed by atoms with Gasteiger partial charge >= 0.3 is 0 Å². The molecule has 5 heteroatoms. The van der Waals surface area contributed by atoms with Crippen molar-refractivity contribution in [2.24, 2.45) is 5.84 Å². The van der Waals surface area contributed by atoms with Crippen molar-refractivity contribution in [2.45, 2.75) is 12.5 Å². The number of hydrogen-bond acceptors (Lipinski definition) is 3. The van der Waals surface area contributed by atoms with Gasteiger partial charge in [0.1, 0.15) is 0 Å². The maximum Gasteiger partial charge on any atom is 0.0935 e. The fourth-order valence-electron chi connectivity index (χ4n) is 1.69. The number of benzene rings is 1. The Balaban J connectivity index is 2.23. The molecule has 1 aromatic heterocycles. The molecule has 0 aliphatic heterocycles. The number of hydrogen-bond donors (Lipinski definition) is 2. The summed E-state index contributed by atoms with van der Waals surface area (Å²) in [6.45, 7) is 0. The molecule has 0 amide bonds. The third-order valence-electron chi connectivity index (χ3n) is 2.56. The van der Waals surface area contributed by atoms with Gasteiger partial charge in [0, 0.05) is 8.95 Å². The van der Waals surface area contributed by atoms with Crippen LogP contribution in [0.5, 0.6) is 0 Å². The summed E-state index contributed by atoms with van der Waals surface area (Å²) in [7, 11) is 0. The molecule has 0 saturated carbocycles. The summed E-state index contributed by atoms with van der Waals surface area (Å²) in [5, 5.41) is 0. The molecule has 17 heavy (non-hydrogen) atoms. The predicted octanol–water partition coefficient (Wildman–Crippen LogP) is 3.55. The van der Waals surface area contributed by atoms with Gasteiger partial charge in [0.25, 0.3) is 0 Å². The second kappa shape index (κ2) is 5.82. The van der Waals surface area contributed by atoms with Crippen LogP contribution < -0.4 is 11.3 Å². The Morgan fingerprint density at radius 1 is 1.29 bits per heavy atom. The summed E-state index contributed by atoms with van der Waals surface area (Å²) in [5.41, 5.74) is 5.07. The molecule has 1 atom stereocenters. The van der Waals surface area contributed by atoms with Gasteiger partial charge in [-0.3, -0.25) is 11.3 Å². The molecule has 3 N–H and O–H groups in total. The highest BCUT2D eigenvalue weighted by Crippen LogP contribution is 2.28. The van der Waals surface area contributed by atoms with Crippen LogP contribution in [0.15, 0.2) is 50.2 Å². The van der Waals surface area contributed by atoms with Crippen LogP contribution in [0.1, 0.15) is 17.2 Å². The Hall–Kier alpha value is -0.620. The Morgan fingerprint density at radius 3 is 2.71 bits per heavy atom. The molecular formula is C12H12Br2N2O. The van der Waals surface area contributed by atoms with Crippen molar-refractivity contribution in [2.75, 3.05) is 0 Å². The van der Waals surface area contributed by atoms with E-state index in [4.69, 9.17) is 10.3 Å². The molecule has 0 fully saturated rings. The van der Waals surface area contributed by atoms with Crippen molar-refractivity contribution in [1.29, 1.82) is 0 Å². The van der Waals surface area contributed by atoms with Crippen LogP contribution in [0.2, 0.25) is 0 Å². The van der Waals surface area contributed by atoms with Crippen LogP contribution in [0.4, 0.5) is 0 Å². The largest absolute Gasteiger partial charge is 0.472 e. The van der Waals surface area contributed by atoms with Crippen LogP contribution in [0.25, 0.3) is 0 Å². The van der Waals surface area contributed by atoms with E-state index < -0.39 is 0 Å². The quantitative estimate of drug-likeness (QED) is 0.648. The number of furan rings is 1. The van der Waals surface area contributed by atoms with Gasteiger partial charge in [0.05, 0.1) is 18.6 Å². The van der Waals surface area contributed by atoms with E-state index in [1.807, 2.05) is 24.3 Å². The summed E-state index contributed by atoms with van der Waals surface area (Å²) < 4.78 is 7.12. The van der Waals surface area contributed by atoms with Crippen LogP contribution in [-0.2, 0) is 6.42 Å². The van der Waals surface area contributed by atoms with Crippen molar-refractivity contribution in [3.63, 3.8) is 0 Å². The summed E-state index contributed by atoms with van der Waals surface area (Å²) in [4.78, 5) is 0. The Morgan fingerprint density at radius 2 is 2.12 bits per heavy atom. The molecule has 90 valence electrons. The molecule has 1 heterocycles. The van der Waals surface area contributed by atoms with Gasteiger partial charge in [-0.1, -0.05) is 37.9 Å². The maximum absolute atomic E-state index is 5.62. The molecule has 2 rings (SSSR count). The van der Waals surface area contributed by atoms with E-state index in [2.05, 4.69) is 37.3 Å². The topological polar surface area (TPSA) is 51.2 Å². The van der Waals surface area contributed by atoms with Gasteiger partial charge in [-0.15, -0.1) is 0 Å². The molecule has 0 aliphatic rings. The first-order valence-corrected chi connectivity index (χ1v) is 6.71. The van der Waals surface area contributed by atoms with E-state index >= 15 is 0 Å². The zero-order chi connectivity index (χ0) is 12.3. The Bertz CT molecular complexity index is 485. The Labute approximate surface area is 117 Å². The predicted molar refractivity (Wildman–Crippen MR) is 74.3 cm³/mol. The summed E-state index contributed by atoms with van der Waals surface area (Å²) >= 11 is 6.97. The monoisotopic (exact) mass is 358 g/mol. The highest BCUT2D eigenvalue weighted by atomic mass is 79.9. The highest BCUT2D eigenvalue weighted by Gasteiger charge is 2.14. The van der Waals surface area contributed by atoms with E-state index in [0.717, 1.165) is 26.5 Å². The average molecular weight is 360 g/mol. The summed E-state index contributed by atoms with van der Waals surface area (Å²) in [6, 6.07) is 8.04. The molecular weight excluding hydrogens is 348 g/mol. The van der Waals surface area contributed by atoms with E-state index in [0.29, 0.717) is 0 Å². The number of nitrogens with one attached hydrogen (secondary N) is 1. The van der Waals surface area contributed by atoms with Gasteiger partial charge in [0.15, 0.2) is 0 Å². The van der Waals surface area contributed by atoms with Crippen molar-refractivity contribution in [3.05, 3.63) is 56.9 Å². The van der Waals surface area contributed by atoms with Crippen molar-refractivity contribution < 1.29 is 4.42 Å². The zero-order valence-electron chi connectivity index (χ0n) is 8.99. The van der Waals surface area contributed by atoms with Crippen LogP contribution >= 0.6 is 31.9 Å². The Kier molecular flexibility index (Phi) is 4.39. The van der Waals surface area contributed by atoms with Crippen LogP contribution in [0.3, 0.4) is 0 Å². The first-order valence-electron chi connectivity index (χ1n) is 5.13. The normalized spacial score (nSPS) is 12.6. The SMILES string of the molecule is NNC(Cc1ccoc1)c1ccc(Br)cc1Br. The highest BCUT2D eigenvalue weighted by molar-refractivity contribution is 9.11. The van der Waals surface area contributed by atoms with Crippen LogP contribution in [0, 0.1) is 0 Å². The minimum Gasteiger partial charge on any atom is -0.472 e.